The second-order valence-electron chi connectivity index (χ2n) is 11.1. The van der Waals surface area contributed by atoms with Gasteiger partial charge in [0.25, 0.3) is 5.91 Å². The molecule has 11 nitrogen and oxygen atoms in total. The van der Waals surface area contributed by atoms with Gasteiger partial charge >= 0.3 is 0 Å². The molecular formula is C27H35N9O2. The first-order chi connectivity index (χ1) is 18.7. The number of carbonyl (C=O) groups excluding carboxylic acids is 1. The maximum atomic E-state index is 12.6. The lowest BCUT2D eigenvalue weighted by Gasteiger charge is -2.40. The van der Waals surface area contributed by atoms with E-state index >= 15 is 0 Å². The minimum absolute atomic E-state index is 0.0933. The SMILES string of the molecule is O=C1NCC2(CCCCC2)c2c1nn1cnc(Nc3ccc(N4CCC(N5CCOCC5)CC4)cn3)nc21. The highest BCUT2D eigenvalue weighted by atomic mass is 16.5. The van der Waals surface area contributed by atoms with E-state index in [9.17, 15) is 4.79 Å². The zero-order chi connectivity index (χ0) is 25.5. The first-order valence-corrected chi connectivity index (χ1v) is 14.0. The van der Waals surface area contributed by atoms with Gasteiger partial charge in [0, 0.05) is 49.7 Å². The number of nitrogens with zero attached hydrogens (tertiary/aromatic N) is 7. The van der Waals surface area contributed by atoms with Gasteiger partial charge in [0.05, 0.1) is 25.1 Å². The number of hydrogen-bond donors (Lipinski definition) is 2. The quantitative estimate of drug-likeness (QED) is 0.539. The summed E-state index contributed by atoms with van der Waals surface area (Å²) in [6, 6.07) is 4.76. The van der Waals surface area contributed by atoms with Gasteiger partial charge in [-0.1, -0.05) is 19.3 Å². The van der Waals surface area contributed by atoms with E-state index in [4.69, 9.17) is 9.72 Å². The van der Waals surface area contributed by atoms with Gasteiger partial charge in [-0.3, -0.25) is 9.69 Å². The Hall–Kier alpha value is -3.31. The number of nitrogens with one attached hydrogen (secondary N) is 2. The molecule has 0 atom stereocenters. The third-order valence-electron chi connectivity index (χ3n) is 8.91. The standard InChI is InChI=1S/C27H35N9O2/c37-25-23-22(27(17-29-25)8-2-1-3-9-27)24-32-26(30-18-36(24)33-23)31-21-5-4-20(16-28-21)34-10-6-19(7-11-34)35-12-14-38-15-13-35/h4-5,16,18-19H,1-3,6-15,17H2,(H,29,37)(H,28,31,32). The molecule has 1 amide bonds. The van der Waals surface area contributed by atoms with Crippen molar-refractivity contribution in [1.82, 2.24) is 34.8 Å². The lowest BCUT2D eigenvalue weighted by molar-refractivity contribution is 0.0115. The van der Waals surface area contributed by atoms with E-state index < -0.39 is 0 Å². The number of hydrogen-bond acceptors (Lipinski definition) is 9. The summed E-state index contributed by atoms with van der Waals surface area (Å²) in [5.41, 5.74) is 3.24. The van der Waals surface area contributed by atoms with E-state index in [2.05, 4.69) is 41.6 Å². The van der Waals surface area contributed by atoms with Crippen LogP contribution >= 0.6 is 0 Å². The van der Waals surface area contributed by atoms with Gasteiger partial charge in [-0.25, -0.2) is 14.5 Å². The van der Waals surface area contributed by atoms with Crippen molar-refractivity contribution in [2.45, 2.75) is 56.4 Å². The first kappa shape index (κ1) is 23.8. The van der Waals surface area contributed by atoms with E-state index in [1.807, 2.05) is 12.3 Å². The highest BCUT2D eigenvalue weighted by Crippen LogP contribution is 2.43. The summed E-state index contributed by atoms with van der Waals surface area (Å²) in [6.45, 7) is 6.55. The Kier molecular flexibility index (Phi) is 6.12. The van der Waals surface area contributed by atoms with Crippen molar-refractivity contribution in [3.63, 3.8) is 0 Å². The summed E-state index contributed by atoms with van der Waals surface area (Å²) in [5.74, 6) is 1.03. The van der Waals surface area contributed by atoms with Crippen LogP contribution in [0.1, 0.15) is 61.0 Å². The number of rotatable bonds is 4. The largest absolute Gasteiger partial charge is 0.379 e. The van der Waals surface area contributed by atoms with Gasteiger partial charge < -0.3 is 20.3 Å². The van der Waals surface area contributed by atoms with E-state index in [1.165, 1.54) is 19.3 Å². The second kappa shape index (κ2) is 9.77. The van der Waals surface area contributed by atoms with E-state index in [0.717, 1.165) is 76.3 Å². The smallest absolute Gasteiger partial charge is 0.272 e. The summed E-state index contributed by atoms with van der Waals surface area (Å²) in [4.78, 5) is 31.6. The Morgan fingerprint density at radius 3 is 2.61 bits per heavy atom. The number of morpholine rings is 1. The Labute approximate surface area is 222 Å². The lowest BCUT2D eigenvalue weighted by Crippen LogP contribution is -2.49. The molecule has 3 aliphatic heterocycles. The maximum absolute atomic E-state index is 12.6. The monoisotopic (exact) mass is 517 g/mol. The highest BCUT2D eigenvalue weighted by molar-refractivity contribution is 5.97. The van der Waals surface area contributed by atoms with E-state index in [1.54, 1.807) is 10.8 Å². The number of pyridine rings is 1. The number of carbonyl (C=O) groups is 1. The Balaban J connectivity index is 1.07. The van der Waals surface area contributed by atoms with Gasteiger partial charge in [-0.15, -0.1) is 0 Å². The average molecular weight is 518 g/mol. The molecule has 3 aromatic rings. The van der Waals surface area contributed by atoms with Gasteiger partial charge in [0.1, 0.15) is 12.1 Å². The third-order valence-corrected chi connectivity index (χ3v) is 8.91. The molecule has 0 unspecified atom stereocenters. The van der Waals surface area contributed by atoms with Gasteiger partial charge in [-0.2, -0.15) is 10.1 Å². The topological polar surface area (TPSA) is 113 Å². The van der Waals surface area contributed by atoms with Crippen molar-refractivity contribution in [2.24, 2.45) is 0 Å². The molecule has 2 saturated heterocycles. The summed E-state index contributed by atoms with van der Waals surface area (Å²) in [7, 11) is 0. The molecular weight excluding hydrogens is 482 g/mol. The lowest BCUT2D eigenvalue weighted by atomic mass is 9.68. The fraction of sp³-hybridized carbons (Fsp3) is 0.593. The Bertz CT molecular complexity index is 1300. The molecule has 6 heterocycles. The van der Waals surface area contributed by atoms with Crippen LogP contribution < -0.4 is 15.5 Å². The zero-order valence-corrected chi connectivity index (χ0v) is 21.7. The van der Waals surface area contributed by atoms with Crippen molar-refractivity contribution in [3.05, 3.63) is 35.9 Å². The number of aromatic nitrogens is 5. The van der Waals surface area contributed by atoms with Crippen LogP contribution in [0.5, 0.6) is 0 Å². The van der Waals surface area contributed by atoms with Crippen LogP contribution in [0.25, 0.3) is 5.65 Å². The second-order valence-corrected chi connectivity index (χ2v) is 11.1. The maximum Gasteiger partial charge on any atom is 0.272 e. The van der Waals surface area contributed by atoms with Gasteiger partial charge in [-0.05, 0) is 37.8 Å². The van der Waals surface area contributed by atoms with E-state index in [-0.39, 0.29) is 11.3 Å². The molecule has 1 spiro atoms. The molecule has 0 radical (unpaired) electrons. The minimum atomic E-state index is -0.123. The predicted octanol–water partition coefficient (Wildman–Crippen LogP) is 2.51. The minimum Gasteiger partial charge on any atom is -0.379 e. The predicted molar refractivity (Wildman–Crippen MR) is 143 cm³/mol. The molecule has 0 aromatic carbocycles. The number of amides is 1. The summed E-state index contributed by atoms with van der Waals surface area (Å²) in [6.07, 6.45) is 11.5. The van der Waals surface area contributed by atoms with Crippen LogP contribution in [0, 0.1) is 0 Å². The molecule has 2 N–H and O–H groups in total. The average Bonchev–Trinajstić information content (AvgIpc) is 3.38. The van der Waals surface area contributed by atoms with Gasteiger partial charge in [0.15, 0.2) is 11.3 Å². The molecule has 1 saturated carbocycles. The van der Waals surface area contributed by atoms with Crippen LogP contribution in [0.3, 0.4) is 0 Å². The fourth-order valence-electron chi connectivity index (χ4n) is 6.83. The van der Waals surface area contributed by atoms with Crippen LogP contribution in [-0.2, 0) is 10.2 Å². The van der Waals surface area contributed by atoms with Crippen LogP contribution in [-0.4, -0.2) is 87.4 Å². The van der Waals surface area contributed by atoms with E-state index in [0.29, 0.717) is 35.7 Å². The summed E-state index contributed by atoms with van der Waals surface area (Å²) in [5, 5.41) is 10.9. The zero-order valence-electron chi connectivity index (χ0n) is 21.7. The molecule has 3 fully saturated rings. The molecule has 38 heavy (non-hydrogen) atoms. The van der Waals surface area contributed by atoms with Crippen molar-refractivity contribution < 1.29 is 9.53 Å². The molecule has 4 aliphatic rings. The number of ether oxygens (including phenoxy) is 1. The first-order valence-electron chi connectivity index (χ1n) is 14.0. The molecule has 7 rings (SSSR count). The molecule has 11 heteroatoms. The third kappa shape index (κ3) is 4.27. The van der Waals surface area contributed by atoms with Crippen molar-refractivity contribution in [3.8, 4) is 0 Å². The number of piperidine rings is 1. The van der Waals surface area contributed by atoms with Crippen LogP contribution in [0.2, 0.25) is 0 Å². The van der Waals surface area contributed by atoms with Crippen LogP contribution in [0.4, 0.5) is 17.5 Å². The fourth-order valence-corrected chi connectivity index (χ4v) is 6.83. The van der Waals surface area contributed by atoms with Gasteiger partial charge in [0.2, 0.25) is 5.95 Å². The van der Waals surface area contributed by atoms with Crippen molar-refractivity contribution in [1.29, 1.82) is 0 Å². The van der Waals surface area contributed by atoms with Crippen molar-refractivity contribution >= 4 is 29.0 Å². The Morgan fingerprint density at radius 2 is 1.84 bits per heavy atom. The molecule has 200 valence electrons. The van der Waals surface area contributed by atoms with Crippen LogP contribution in [0.15, 0.2) is 24.7 Å². The molecule has 3 aromatic heterocycles. The molecule has 0 bridgehead atoms. The number of anilines is 3. The summed E-state index contributed by atoms with van der Waals surface area (Å²) >= 11 is 0. The van der Waals surface area contributed by atoms with Crippen molar-refractivity contribution in [2.75, 3.05) is 56.2 Å². The Morgan fingerprint density at radius 1 is 1.03 bits per heavy atom. The normalized spacial score (nSPS) is 22.4. The number of fused-ring (bicyclic) bond motifs is 4. The summed E-state index contributed by atoms with van der Waals surface area (Å²) < 4.78 is 7.16. The molecule has 1 aliphatic carbocycles. The highest BCUT2D eigenvalue weighted by Gasteiger charge is 2.44.